The minimum Gasteiger partial charge on any atom is -0.508 e. The lowest BCUT2D eigenvalue weighted by Crippen LogP contribution is -2.52. The Morgan fingerprint density at radius 3 is 2.29 bits per heavy atom. The number of primary amides is 1. The highest BCUT2D eigenvalue weighted by molar-refractivity contribution is 7.98. The van der Waals surface area contributed by atoms with Crippen molar-refractivity contribution in [1.29, 1.82) is 0 Å². The smallest absolute Gasteiger partial charge is 0.243 e. The molecule has 0 aliphatic rings. The van der Waals surface area contributed by atoms with Gasteiger partial charge in [-0.15, -0.1) is 0 Å². The number of nitrogens with two attached hydrogens (primary N) is 1. The van der Waals surface area contributed by atoms with E-state index in [1.54, 1.807) is 12.1 Å². The van der Waals surface area contributed by atoms with Crippen LogP contribution in [0.25, 0.3) is 0 Å². The van der Waals surface area contributed by atoms with E-state index in [2.05, 4.69) is 16.0 Å². The number of phenols is 1. The molecule has 0 fully saturated rings. The number of benzene rings is 1. The van der Waals surface area contributed by atoms with Crippen LogP contribution in [0, 0.1) is 0 Å². The van der Waals surface area contributed by atoms with E-state index in [0.717, 1.165) is 0 Å². The van der Waals surface area contributed by atoms with E-state index in [-0.39, 0.29) is 24.6 Å². The van der Waals surface area contributed by atoms with Crippen molar-refractivity contribution in [3.05, 3.63) is 29.8 Å². The van der Waals surface area contributed by atoms with Gasteiger partial charge < -0.3 is 26.8 Å². The first kappa shape index (κ1) is 23.3. The molecule has 0 radical (unpaired) electrons. The van der Waals surface area contributed by atoms with Crippen LogP contribution < -0.4 is 21.7 Å². The summed E-state index contributed by atoms with van der Waals surface area (Å²) >= 11 is 1.53. The lowest BCUT2D eigenvalue weighted by atomic mass is 10.1. The molecule has 0 bridgehead atoms. The SMILES string of the molecule is CSCC[C@H](NC(C)=O)C(=O)NCC(=O)N[C@@H](Cc1ccc(O)cc1)C(N)=O. The van der Waals surface area contributed by atoms with Gasteiger partial charge in [-0.2, -0.15) is 11.8 Å². The highest BCUT2D eigenvalue weighted by Gasteiger charge is 2.22. The van der Waals surface area contributed by atoms with Gasteiger partial charge in [0.1, 0.15) is 17.8 Å². The van der Waals surface area contributed by atoms with Crippen molar-refractivity contribution in [3.63, 3.8) is 0 Å². The van der Waals surface area contributed by atoms with Crippen LogP contribution in [0.4, 0.5) is 0 Å². The molecule has 0 heterocycles. The van der Waals surface area contributed by atoms with Crippen LogP contribution in [0.2, 0.25) is 0 Å². The van der Waals surface area contributed by atoms with Crippen molar-refractivity contribution in [2.24, 2.45) is 5.73 Å². The minimum absolute atomic E-state index is 0.0846. The summed E-state index contributed by atoms with van der Waals surface area (Å²) in [5.74, 6) is -1.37. The molecule has 0 aliphatic heterocycles. The van der Waals surface area contributed by atoms with Crippen molar-refractivity contribution >= 4 is 35.4 Å². The fourth-order valence-electron chi connectivity index (χ4n) is 2.38. The average Bonchev–Trinajstić information content (AvgIpc) is 2.63. The first-order chi connectivity index (χ1) is 13.2. The number of hydrogen-bond donors (Lipinski definition) is 5. The highest BCUT2D eigenvalue weighted by atomic mass is 32.2. The van der Waals surface area contributed by atoms with Crippen molar-refractivity contribution in [1.82, 2.24) is 16.0 Å². The summed E-state index contributed by atoms with van der Waals surface area (Å²) in [7, 11) is 0. The molecule has 2 atom stereocenters. The van der Waals surface area contributed by atoms with Crippen LogP contribution in [0.1, 0.15) is 18.9 Å². The molecule has 1 aromatic rings. The zero-order chi connectivity index (χ0) is 21.1. The summed E-state index contributed by atoms with van der Waals surface area (Å²) in [6, 6.07) is 4.46. The van der Waals surface area contributed by atoms with E-state index in [1.807, 2.05) is 6.26 Å². The molecule has 0 saturated heterocycles. The minimum atomic E-state index is -0.962. The molecule has 1 aromatic carbocycles. The zero-order valence-corrected chi connectivity index (χ0v) is 16.7. The highest BCUT2D eigenvalue weighted by Crippen LogP contribution is 2.11. The van der Waals surface area contributed by atoms with E-state index in [9.17, 15) is 24.3 Å². The van der Waals surface area contributed by atoms with Crippen LogP contribution in [0.15, 0.2) is 24.3 Å². The maximum Gasteiger partial charge on any atom is 0.243 e. The van der Waals surface area contributed by atoms with Crippen molar-refractivity contribution in [2.45, 2.75) is 31.8 Å². The predicted octanol–water partition coefficient (Wildman–Crippen LogP) is -0.721. The van der Waals surface area contributed by atoms with E-state index < -0.39 is 29.8 Å². The molecule has 28 heavy (non-hydrogen) atoms. The van der Waals surface area contributed by atoms with Gasteiger partial charge in [0.25, 0.3) is 0 Å². The zero-order valence-electron chi connectivity index (χ0n) is 15.9. The fraction of sp³-hybridized carbons (Fsp3) is 0.444. The first-order valence-corrected chi connectivity index (χ1v) is 10.0. The van der Waals surface area contributed by atoms with Gasteiger partial charge in [0.2, 0.25) is 23.6 Å². The first-order valence-electron chi connectivity index (χ1n) is 8.63. The van der Waals surface area contributed by atoms with Gasteiger partial charge >= 0.3 is 0 Å². The fourth-order valence-corrected chi connectivity index (χ4v) is 2.85. The summed E-state index contributed by atoms with van der Waals surface area (Å²) < 4.78 is 0. The largest absolute Gasteiger partial charge is 0.508 e. The third-order valence-corrected chi connectivity index (χ3v) is 4.43. The molecule has 0 aliphatic carbocycles. The molecule has 10 heteroatoms. The molecule has 154 valence electrons. The Labute approximate surface area is 167 Å². The van der Waals surface area contributed by atoms with Crippen molar-refractivity contribution in [2.75, 3.05) is 18.6 Å². The molecular formula is C18H26N4O5S. The van der Waals surface area contributed by atoms with Crippen LogP contribution in [-0.2, 0) is 25.6 Å². The number of carbonyl (C=O) groups excluding carboxylic acids is 4. The topological polar surface area (TPSA) is 151 Å². The third-order valence-electron chi connectivity index (χ3n) is 3.78. The second-order valence-electron chi connectivity index (χ2n) is 6.15. The Hall–Kier alpha value is -2.75. The molecule has 6 N–H and O–H groups in total. The maximum absolute atomic E-state index is 12.2. The van der Waals surface area contributed by atoms with Crippen LogP contribution in [0.5, 0.6) is 5.75 Å². The summed E-state index contributed by atoms with van der Waals surface area (Å²) in [6.45, 7) is 0.959. The Kier molecular flexibility index (Phi) is 9.86. The van der Waals surface area contributed by atoms with E-state index >= 15 is 0 Å². The van der Waals surface area contributed by atoms with Gasteiger partial charge in [0.05, 0.1) is 6.54 Å². The molecule has 9 nitrogen and oxygen atoms in total. The monoisotopic (exact) mass is 410 g/mol. The molecule has 0 saturated carbocycles. The van der Waals surface area contributed by atoms with E-state index in [0.29, 0.717) is 17.7 Å². The number of nitrogens with one attached hydrogen (secondary N) is 3. The van der Waals surface area contributed by atoms with Gasteiger partial charge in [0, 0.05) is 13.3 Å². The number of hydrogen-bond acceptors (Lipinski definition) is 6. The van der Waals surface area contributed by atoms with Gasteiger partial charge in [0.15, 0.2) is 0 Å². The molecule has 1 rings (SSSR count). The second kappa shape index (κ2) is 11.9. The van der Waals surface area contributed by atoms with Gasteiger partial charge in [-0.1, -0.05) is 12.1 Å². The molecule has 4 amide bonds. The Balaban J connectivity index is 2.58. The number of carbonyl (C=O) groups is 4. The lowest BCUT2D eigenvalue weighted by molar-refractivity contribution is -0.130. The number of phenolic OH excluding ortho intramolecular Hbond substituents is 1. The quantitative estimate of drug-likeness (QED) is 0.325. The lowest BCUT2D eigenvalue weighted by Gasteiger charge is -2.18. The van der Waals surface area contributed by atoms with Gasteiger partial charge in [-0.3, -0.25) is 19.2 Å². The van der Waals surface area contributed by atoms with Crippen LogP contribution >= 0.6 is 11.8 Å². The van der Waals surface area contributed by atoms with Gasteiger partial charge in [-0.05, 0) is 36.1 Å². The van der Waals surface area contributed by atoms with Crippen molar-refractivity contribution in [3.8, 4) is 5.75 Å². The van der Waals surface area contributed by atoms with Crippen LogP contribution in [-0.4, -0.2) is 59.4 Å². The second-order valence-corrected chi connectivity index (χ2v) is 7.13. The number of thioether (sulfide) groups is 1. The van der Waals surface area contributed by atoms with Gasteiger partial charge in [-0.25, -0.2) is 0 Å². The Morgan fingerprint density at radius 2 is 1.75 bits per heavy atom. The summed E-state index contributed by atoms with van der Waals surface area (Å²) in [6.07, 6.45) is 2.46. The summed E-state index contributed by atoms with van der Waals surface area (Å²) in [4.78, 5) is 47.1. The molecule has 0 spiro atoms. The summed E-state index contributed by atoms with van der Waals surface area (Å²) in [5, 5.41) is 16.8. The van der Waals surface area contributed by atoms with Crippen LogP contribution in [0.3, 0.4) is 0 Å². The number of rotatable bonds is 11. The number of aromatic hydroxyl groups is 1. The Bertz CT molecular complexity index is 696. The van der Waals surface area contributed by atoms with E-state index in [4.69, 9.17) is 5.73 Å². The molecular weight excluding hydrogens is 384 g/mol. The molecule has 0 aromatic heterocycles. The maximum atomic E-state index is 12.2. The van der Waals surface area contributed by atoms with E-state index in [1.165, 1.54) is 30.8 Å². The summed E-state index contributed by atoms with van der Waals surface area (Å²) in [5.41, 5.74) is 6.04. The van der Waals surface area contributed by atoms with Crippen molar-refractivity contribution < 1.29 is 24.3 Å². The average molecular weight is 410 g/mol. The standard InChI is InChI=1S/C18H26N4O5S/c1-11(23)21-14(7-8-28-2)18(27)20-10-16(25)22-15(17(19)26)9-12-3-5-13(24)6-4-12/h3-6,14-15,24H,7-10H2,1-2H3,(H2,19,26)(H,20,27)(H,21,23)(H,22,25)/t14-,15-/m0/s1. The molecule has 0 unspecified atom stereocenters. The third kappa shape index (κ3) is 8.76. The normalized spacial score (nSPS) is 12.5. The predicted molar refractivity (Wildman–Crippen MR) is 107 cm³/mol. The number of amides is 4. The Morgan fingerprint density at radius 1 is 1.11 bits per heavy atom.